The van der Waals surface area contributed by atoms with Gasteiger partial charge in [-0.25, -0.2) is 0 Å². The van der Waals surface area contributed by atoms with Gasteiger partial charge in [0.25, 0.3) is 0 Å². The first kappa shape index (κ1) is 30.2. The Balaban J connectivity index is 1.59. The lowest BCUT2D eigenvalue weighted by Crippen LogP contribution is -2.39. The van der Waals surface area contributed by atoms with Crippen LogP contribution in [0.15, 0.2) is 78.9 Å². The molecule has 10 heteroatoms. The van der Waals surface area contributed by atoms with Crippen molar-refractivity contribution in [1.29, 1.82) is 0 Å². The molecule has 3 aromatic rings. The average molecular weight is 567 g/mol. The van der Waals surface area contributed by atoms with E-state index in [1.165, 1.54) is 6.92 Å². The van der Waals surface area contributed by atoms with Gasteiger partial charge in [0.1, 0.15) is 24.2 Å². The molecule has 0 aliphatic heterocycles. The fourth-order valence-electron chi connectivity index (χ4n) is 3.84. The van der Waals surface area contributed by atoms with Crippen LogP contribution in [-0.2, 0) is 27.1 Å². The molecule has 39 heavy (non-hydrogen) atoms. The van der Waals surface area contributed by atoms with Crippen LogP contribution in [-0.4, -0.2) is 39.7 Å². The zero-order valence-corrected chi connectivity index (χ0v) is 23.4. The van der Waals surface area contributed by atoms with Gasteiger partial charge in [-0.1, -0.05) is 78.2 Å². The molecule has 0 aliphatic carbocycles. The minimum atomic E-state index is -4.45. The average Bonchev–Trinajstić information content (AvgIpc) is 2.91. The summed E-state index contributed by atoms with van der Waals surface area (Å²) in [6.07, 6.45) is 2.05. The molecule has 2 atom stereocenters. The number of amides is 1. The SMILES string of the molecule is CSC(=O)[C@H](Cc1cccc(C#CCOc2ccc(C(NCc3ccccc3)P(=O)(O)O)cc2)c1)NC(C)=O. The lowest BCUT2D eigenvalue weighted by Gasteiger charge is -2.20. The summed E-state index contributed by atoms with van der Waals surface area (Å²) in [5, 5.41) is 5.53. The highest BCUT2D eigenvalue weighted by Crippen LogP contribution is 2.50. The molecule has 8 nitrogen and oxygen atoms in total. The van der Waals surface area contributed by atoms with Gasteiger partial charge in [-0.05, 0) is 47.2 Å². The largest absolute Gasteiger partial charge is 0.481 e. The number of rotatable bonds is 11. The van der Waals surface area contributed by atoms with Crippen LogP contribution in [0.5, 0.6) is 5.75 Å². The maximum Gasteiger partial charge on any atom is 0.346 e. The van der Waals surface area contributed by atoms with Crippen LogP contribution in [0.4, 0.5) is 0 Å². The van der Waals surface area contributed by atoms with Crippen LogP contribution in [0.2, 0.25) is 0 Å². The molecule has 3 rings (SSSR count). The number of carbonyl (C=O) groups excluding carboxylic acids is 2. The van der Waals surface area contributed by atoms with Crippen molar-refractivity contribution in [3.63, 3.8) is 0 Å². The summed E-state index contributed by atoms with van der Waals surface area (Å²) in [5.74, 6) is 5.09. The van der Waals surface area contributed by atoms with E-state index in [2.05, 4.69) is 22.5 Å². The molecule has 0 fully saturated rings. The van der Waals surface area contributed by atoms with E-state index in [-0.39, 0.29) is 17.6 Å². The second-order valence-corrected chi connectivity index (χ2v) is 11.2. The van der Waals surface area contributed by atoms with Gasteiger partial charge in [0.2, 0.25) is 11.0 Å². The van der Waals surface area contributed by atoms with Crippen LogP contribution in [0.1, 0.15) is 35.0 Å². The Kier molecular flexibility index (Phi) is 11.4. The molecule has 0 radical (unpaired) electrons. The maximum absolute atomic E-state index is 12.1. The normalized spacial score (nSPS) is 12.5. The molecule has 1 unspecified atom stereocenters. The zero-order chi connectivity index (χ0) is 28.3. The summed E-state index contributed by atoms with van der Waals surface area (Å²) in [5.41, 5.74) is 2.99. The van der Waals surface area contributed by atoms with Gasteiger partial charge in [0, 0.05) is 25.5 Å². The second kappa shape index (κ2) is 14.7. The van der Waals surface area contributed by atoms with Crippen LogP contribution in [0.25, 0.3) is 0 Å². The van der Waals surface area contributed by atoms with E-state index in [4.69, 9.17) is 4.74 Å². The number of ether oxygens (including phenoxy) is 1. The van der Waals surface area contributed by atoms with Gasteiger partial charge in [-0.3, -0.25) is 19.5 Å². The fourth-order valence-corrected chi connectivity index (χ4v) is 5.15. The Hall–Kier alpha value is -3.38. The van der Waals surface area contributed by atoms with Crippen LogP contribution in [0, 0.1) is 11.8 Å². The van der Waals surface area contributed by atoms with Gasteiger partial charge in [0.15, 0.2) is 0 Å². The molecule has 0 heterocycles. The highest BCUT2D eigenvalue weighted by Gasteiger charge is 2.30. The lowest BCUT2D eigenvalue weighted by atomic mass is 10.0. The Morgan fingerprint density at radius 1 is 1.00 bits per heavy atom. The zero-order valence-electron chi connectivity index (χ0n) is 21.7. The number of carbonyl (C=O) groups is 2. The van der Waals surface area contributed by atoms with E-state index in [0.29, 0.717) is 24.3 Å². The molecule has 4 N–H and O–H groups in total. The van der Waals surface area contributed by atoms with Gasteiger partial charge < -0.3 is 19.8 Å². The first-order valence-electron chi connectivity index (χ1n) is 12.1. The number of benzene rings is 3. The Labute approximate surface area is 232 Å². The smallest absolute Gasteiger partial charge is 0.346 e. The van der Waals surface area contributed by atoms with Crippen LogP contribution >= 0.6 is 19.4 Å². The van der Waals surface area contributed by atoms with Gasteiger partial charge >= 0.3 is 7.60 Å². The predicted octanol–water partition coefficient (Wildman–Crippen LogP) is 4.02. The van der Waals surface area contributed by atoms with E-state index in [0.717, 1.165) is 28.5 Å². The molecular weight excluding hydrogens is 535 g/mol. The molecule has 1 amide bonds. The van der Waals surface area contributed by atoms with Crippen molar-refractivity contribution in [1.82, 2.24) is 10.6 Å². The minimum Gasteiger partial charge on any atom is -0.481 e. The van der Waals surface area contributed by atoms with E-state index in [1.807, 2.05) is 54.6 Å². The Morgan fingerprint density at radius 2 is 1.69 bits per heavy atom. The third kappa shape index (κ3) is 10.0. The first-order valence-corrected chi connectivity index (χ1v) is 15.0. The summed E-state index contributed by atoms with van der Waals surface area (Å²) in [6.45, 7) is 1.81. The molecule has 3 aromatic carbocycles. The van der Waals surface area contributed by atoms with Crippen molar-refractivity contribution in [3.8, 4) is 17.6 Å². The third-order valence-electron chi connectivity index (χ3n) is 5.65. The topological polar surface area (TPSA) is 125 Å². The summed E-state index contributed by atoms with van der Waals surface area (Å²) >= 11 is 1.08. The van der Waals surface area contributed by atoms with Crippen molar-refractivity contribution < 1.29 is 28.7 Å². The monoisotopic (exact) mass is 566 g/mol. The Bertz CT molecular complexity index is 1370. The molecule has 0 aliphatic rings. The van der Waals surface area contributed by atoms with Gasteiger partial charge in [0.05, 0.1) is 0 Å². The summed E-state index contributed by atoms with van der Waals surface area (Å²) in [4.78, 5) is 43.3. The molecule has 0 aromatic heterocycles. The summed E-state index contributed by atoms with van der Waals surface area (Å²) in [7, 11) is -4.45. The molecular formula is C29H31N2O6PS. The van der Waals surface area contributed by atoms with Crippen LogP contribution < -0.4 is 15.4 Å². The molecule has 0 saturated heterocycles. The minimum absolute atomic E-state index is 0.108. The predicted molar refractivity (Wildman–Crippen MR) is 153 cm³/mol. The Morgan fingerprint density at radius 3 is 2.33 bits per heavy atom. The standard InChI is InChI=1S/C29H31N2O6PS/c1-21(32)31-27(29(33)39-2)19-24-11-6-10-22(18-24)12-7-17-37-26-15-13-25(14-16-26)28(38(34,35)36)30-20-23-8-4-3-5-9-23/h3-6,8-11,13-16,18,27-28,30H,17,19-20H2,1-2H3,(H,31,32)(H2,34,35,36)/t27-,28?/m0/s1. The van der Waals surface area contributed by atoms with E-state index >= 15 is 0 Å². The van der Waals surface area contributed by atoms with Gasteiger partial charge in [-0.15, -0.1) is 0 Å². The highest BCUT2D eigenvalue weighted by atomic mass is 32.2. The quantitative estimate of drug-likeness (QED) is 0.203. The van der Waals surface area contributed by atoms with Crippen LogP contribution in [0.3, 0.4) is 0 Å². The summed E-state index contributed by atoms with van der Waals surface area (Å²) in [6, 6.07) is 22.8. The molecule has 204 valence electrons. The number of hydrogen-bond acceptors (Lipinski definition) is 6. The molecule has 0 bridgehead atoms. The highest BCUT2D eigenvalue weighted by molar-refractivity contribution is 8.13. The van der Waals surface area contributed by atoms with E-state index in [9.17, 15) is 23.9 Å². The van der Waals surface area contributed by atoms with Crippen molar-refractivity contribution in [3.05, 3.63) is 101 Å². The van der Waals surface area contributed by atoms with E-state index in [1.54, 1.807) is 30.5 Å². The van der Waals surface area contributed by atoms with Crippen molar-refractivity contribution in [2.45, 2.75) is 31.7 Å². The lowest BCUT2D eigenvalue weighted by molar-refractivity contribution is -0.123. The van der Waals surface area contributed by atoms with Crippen molar-refractivity contribution in [2.24, 2.45) is 0 Å². The third-order valence-corrected chi connectivity index (χ3v) is 7.49. The van der Waals surface area contributed by atoms with Crippen molar-refractivity contribution in [2.75, 3.05) is 12.9 Å². The maximum atomic E-state index is 12.1. The molecule has 0 saturated carbocycles. The second-order valence-electron chi connectivity index (χ2n) is 8.70. The summed E-state index contributed by atoms with van der Waals surface area (Å²) < 4.78 is 17.8. The van der Waals surface area contributed by atoms with Gasteiger partial charge in [-0.2, -0.15) is 0 Å². The first-order chi connectivity index (χ1) is 18.7. The fraction of sp³-hybridized carbons (Fsp3) is 0.241. The molecule has 0 spiro atoms. The number of hydrogen-bond donors (Lipinski definition) is 4. The van der Waals surface area contributed by atoms with E-state index < -0.39 is 19.4 Å². The number of nitrogens with one attached hydrogen (secondary N) is 2. The van der Waals surface area contributed by atoms with Crippen molar-refractivity contribution >= 4 is 30.4 Å². The number of thioether (sulfide) groups is 1.